The van der Waals surface area contributed by atoms with Gasteiger partial charge in [0, 0.05) is 12.3 Å². The standard InChI is InChI=1S/C34H55N3O6/c1-7-8-9-10-14-18-34(6,43)19-17-27(37-32(42)33(4,5)23-38)29(39)22-26(21-25-15-12-11-13-16-25)31(41)36-28(30(35)40)20-24(2)3/h11-13,15-17,19,24,26-28,38,43H,7-10,14,18,20-23H2,1-6H3,(H2,35,40)(H,36,41)(H,37,42)/b19-17+/t26-,27+,28+,34?/m1/s1. The van der Waals surface area contributed by atoms with Crippen molar-refractivity contribution in [3.05, 3.63) is 48.0 Å². The summed E-state index contributed by atoms with van der Waals surface area (Å²) < 4.78 is 0. The number of benzene rings is 1. The summed E-state index contributed by atoms with van der Waals surface area (Å²) in [6, 6.07) is 7.21. The summed E-state index contributed by atoms with van der Waals surface area (Å²) in [5.74, 6) is -2.85. The van der Waals surface area contributed by atoms with E-state index in [1.54, 1.807) is 20.8 Å². The molecule has 9 nitrogen and oxygen atoms in total. The SMILES string of the molecule is CCCCCCCC(C)(O)/C=C/[C@H](NC(=O)C(C)(C)CO)C(=O)C[C@@H](Cc1ccccc1)C(=O)N[C@@H](CC(C)C)C(N)=O. The fourth-order valence-corrected chi connectivity index (χ4v) is 4.65. The van der Waals surface area contributed by atoms with Crippen LogP contribution in [0.4, 0.5) is 0 Å². The maximum Gasteiger partial charge on any atom is 0.240 e. The van der Waals surface area contributed by atoms with Crippen molar-refractivity contribution in [2.75, 3.05) is 6.61 Å². The molecule has 0 heterocycles. The quantitative estimate of drug-likeness (QED) is 0.106. The highest BCUT2D eigenvalue weighted by Gasteiger charge is 2.33. The molecular weight excluding hydrogens is 546 g/mol. The van der Waals surface area contributed by atoms with E-state index in [1.807, 2.05) is 44.2 Å². The fourth-order valence-electron chi connectivity index (χ4n) is 4.65. The molecule has 1 rings (SSSR count). The van der Waals surface area contributed by atoms with E-state index >= 15 is 0 Å². The van der Waals surface area contributed by atoms with Crippen LogP contribution >= 0.6 is 0 Å². The van der Waals surface area contributed by atoms with Crippen LogP contribution in [-0.4, -0.2) is 58.0 Å². The molecule has 0 saturated carbocycles. The van der Waals surface area contributed by atoms with E-state index in [1.165, 1.54) is 12.2 Å². The Kier molecular flexibility index (Phi) is 16.4. The number of ketones is 1. The molecule has 9 heteroatoms. The number of aliphatic hydroxyl groups excluding tert-OH is 1. The van der Waals surface area contributed by atoms with Gasteiger partial charge in [-0.25, -0.2) is 0 Å². The highest BCUT2D eigenvalue weighted by Crippen LogP contribution is 2.21. The Morgan fingerprint density at radius 3 is 2.16 bits per heavy atom. The van der Waals surface area contributed by atoms with Crippen LogP contribution in [0.3, 0.4) is 0 Å². The zero-order valence-electron chi connectivity index (χ0n) is 27.0. The lowest BCUT2D eigenvalue weighted by Gasteiger charge is -2.26. The normalized spacial score (nSPS) is 15.5. The zero-order chi connectivity index (χ0) is 32.6. The van der Waals surface area contributed by atoms with Gasteiger partial charge in [0.15, 0.2) is 5.78 Å². The Labute approximate surface area is 258 Å². The van der Waals surface area contributed by atoms with Crippen LogP contribution in [0.15, 0.2) is 42.5 Å². The maximum absolute atomic E-state index is 13.8. The van der Waals surface area contributed by atoms with Crippen LogP contribution in [0.2, 0.25) is 0 Å². The average Bonchev–Trinajstić information content (AvgIpc) is 2.94. The van der Waals surface area contributed by atoms with E-state index in [-0.39, 0.29) is 18.8 Å². The third-order valence-corrected chi connectivity index (χ3v) is 7.59. The Morgan fingerprint density at radius 2 is 1.60 bits per heavy atom. The summed E-state index contributed by atoms with van der Waals surface area (Å²) in [7, 11) is 0. The van der Waals surface area contributed by atoms with E-state index in [0.29, 0.717) is 12.8 Å². The molecule has 0 aromatic heterocycles. The number of nitrogens with two attached hydrogens (primary N) is 1. The van der Waals surface area contributed by atoms with E-state index in [2.05, 4.69) is 17.6 Å². The summed E-state index contributed by atoms with van der Waals surface area (Å²) in [5.41, 5.74) is 4.04. The van der Waals surface area contributed by atoms with Gasteiger partial charge in [-0.15, -0.1) is 0 Å². The molecule has 1 aromatic rings. The predicted molar refractivity (Wildman–Crippen MR) is 170 cm³/mol. The zero-order valence-corrected chi connectivity index (χ0v) is 27.0. The number of unbranched alkanes of at least 4 members (excludes halogenated alkanes) is 4. The van der Waals surface area contributed by atoms with Crippen molar-refractivity contribution in [1.82, 2.24) is 10.6 Å². The molecule has 4 atom stereocenters. The van der Waals surface area contributed by atoms with Crippen molar-refractivity contribution in [1.29, 1.82) is 0 Å². The van der Waals surface area contributed by atoms with Crippen molar-refractivity contribution < 1.29 is 29.4 Å². The van der Waals surface area contributed by atoms with Gasteiger partial charge < -0.3 is 26.6 Å². The number of amides is 3. The molecule has 0 saturated heterocycles. The molecular formula is C34H55N3O6. The molecule has 0 spiro atoms. The minimum atomic E-state index is -1.20. The molecule has 6 N–H and O–H groups in total. The second-order valence-electron chi connectivity index (χ2n) is 13.0. The molecule has 1 unspecified atom stereocenters. The number of aliphatic hydroxyl groups is 2. The van der Waals surface area contributed by atoms with Gasteiger partial charge in [0.1, 0.15) is 12.1 Å². The molecule has 0 aliphatic carbocycles. The molecule has 0 fully saturated rings. The molecule has 0 bridgehead atoms. The van der Waals surface area contributed by atoms with Crippen molar-refractivity contribution in [2.24, 2.45) is 23.0 Å². The van der Waals surface area contributed by atoms with Gasteiger partial charge in [-0.1, -0.05) is 95.4 Å². The van der Waals surface area contributed by atoms with Crippen LogP contribution in [-0.2, 0) is 25.6 Å². The number of hydrogen-bond acceptors (Lipinski definition) is 6. The van der Waals surface area contributed by atoms with Gasteiger partial charge >= 0.3 is 0 Å². The first-order chi connectivity index (χ1) is 20.1. The molecule has 0 radical (unpaired) electrons. The number of nitrogens with one attached hydrogen (secondary N) is 2. The summed E-state index contributed by atoms with van der Waals surface area (Å²) in [6.45, 7) is 10.3. The third-order valence-electron chi connectivity index (χ3n) is 7.59. The Morgan fingerprint density at radius 1 is 0.977 bits per heavy atom. The first-order valence-electron chi connectivity index (χ1n) is 15.6. The van der Waals surface area contributed by atoms with Crippen molar-refractivity contribution in [3.63, 3.8) is 0 Å². The summed E-state index contributed by atoms with van der Waals surface area (Å²) in [6.07, 6.45) is 8.99. The van der Waals surface area contributed by atoms with Gasteiger partial charge in [-0.2, -0.15) is 0 Å². The fraction of sp³-hybridized carbons (Fsp3) is 0.647. The van der Waals surface area contributed by atoms with Gasteiger partial charge in [0.2, 0.25) is 17.7 Å². The highest BCUT2D eigenvalue weighted by molar-refractivity contribution is 5.95. The number of carbonyl (C=O) groups is 4. The second-order valence-corrected chi connectivity index (χ2v) is 13.0. The van der Waals surface area contributed by atoms with E-state index in [0.717, 1.165) is 37.7 Å². The lowest BCUT2D eigenvalue weighted by atomic mass is 9.88. The van der Waals surface area contributed by atoms with Crippen LogP contribution < -0.4 is 16.4 Å². The monoisotopic (exact) mass is 601 g/mol. The lowest BCUT2D eigenvalue weighted by Crippen LogP contribution is -2.50. The van der Waals surface area contributed by atoms with E-state index in [9.17, 15) is 29.4 Å². The second kappa shape index (κ2) is 18.6. The van der Waals surface area contributed by atoms with Crippen molar-refractivity contribution >= 4 is 23.5 Å². The summed E-state index contributed by atoms with van der Waals surface area (Å²) in [5, 5.41) is 26.1. The average molecular weight is 602 g/mol. The first-order valence-corrected chi connectivity index (χ1v) is 15.6. The molecule has 0 aliphatic rings. The maximum atomic E-state index is 13.8. The molecule has 0 aliphatic heterocycles. The number of primary amides is 1. The highest BCUT2D eigenvalue weighted by atomic mass is 16.3. The molecule has 3 amide bonds. The third kappa shape index (κ3) is 14.8. The lowest BCUT2D eigenvalue weighted by molar-refractivity contribution is -0.135. The van der Waals surface area contributed by atoms with Crippen molar-refractivity contribution in [3.8, 4) is 0 Å². The smallest absolute Gasteiger partial charge is 0.240 e. The Balaban J connectivity index is 3.27. The number of hydrogen-bond donors (Lipinski definition) is 5. The topological polar surface area (TPSA) is 159 Å². The summed E-state index contributed by atoms with van der Waals surface area (Å²) in [4.78, 5) is 52.3. The van der Waals surface area contributed by atoms with Gasteiger partial charge in [-0.3, -0.25) is 19.2 Å². The molecule has 1 aromatic carbocycles. The van der Waals surface area contributed by atoms with Crippen LogP contribution in [0.25, 0.3) is 0 Å². The number of carbonyl (C=O) groups excluding carboxylic acids is 4. The Hall–Kier alpha value is -3.04. The minimum absolute atomic E-state index is 0.103. The van der Waals surface area contributed by atoms with Crippen LogP contribution in [0.5, 0.6) is 0 Å². The van der Waals surface area contributed by atoms with E-state index < -0.39 is 59.1 Å². The van der Waals surface area contributed by atoms with Crippen LogP contribution in [0, 0.1) is 17.3 Å². The van der Waals surface area contributed by atoms with Crippen LogP contribution in [0.1, 0.15) is 98.5 Å². The predicted octanol–water partition coefficient (Wildman–Crippen LogP) is 3.99. The summed E-state index contributed by atoms with van der Waals surface area (Å²) >= 11 is 0. The van der Waals surface area contributed by atoms with E-state index in [4.69, 9.17) is 5.73 Å². The molecule has 242 valence electrons. The largest absolute Gasteiger partial charge is 0.395 e. The van der Waals surface area contributed by atoms with Gasteiger partial charge in [-0.05, 0) is 51.5 Å². The Bertz CT molecular complexity index is 1050. The molecule has 43 heavy (non-hydrogen) atoms. The number of Topliss-reactive ketones (excluding diaryl/α,β-unsaturated/α-hetero) is 1. The minimum Gasteiger partial charge on any atom is -0.395 e. The van der Waals surface area contributed by atoms with Gasteiger partial charge in [0.25, 0.3) is 0 Å². The van der Waals surface area contributed by atoms with Crippen molar-refractivity contribution in [2.45, 2.75) is 117 Å². The first kappa shape index (κ1) is 38.0. The number of rotatable bonds is 21. The van der Waals surface area contributed by atoms with Gasteiger partial charge in [0.05, 0.1) is 17.6 Å².